The van der Waals surface area contributed by atoms with E-state index >= 15 is 0 Å². The number of carbonyl (C=O) groups excluding carboxylic acids is 2. The lowest BCUT2D eigenvalue weighted by molar-refractivity contribution is -0.139. The first-order valence-corrected chi connectivity index (χ1v) is 6.71. The highest BCUT2D eigenvalue weighted by Crippen LogP contribution is 2.23. The second-order valence-corrected chi connectivity index (χ2v) is 4.61. The molecule has 6 heteroatoms. The first kappa shape index (κ1) is 16.0. The Bertz CT molecular complexity index is 524. The summed E-state index contributed by atoms with van der Waals surface area (Å²) < 4.78 is 4.81. The van der Waals surface area contributed by atoms with Crippen LogP contribution in [-0.4, -0.2) is 24.2 Å². The van der Waals surface area contributed by atoms with Gasteiger partial charge in [-0.3, -0.25) is 4.79 Å². The van der Waals surface area contributed by atoms with Gasteiger partial charge in [-0.1, -0.05) is 29.3 Å². The van der Waals surface area contributed by atoms with Crippen LogP contribution in [0.15, 0.2) is 23.8 Å². The van der Waals surface area contributed by atoms with Crippen LogP contribution in [0.5, 0.6) is 0 Å². The topological polar surface area (TPSA) is 43.4 Å². The Morgan fingerprint density at radius 3 is 2.53 bits per heavy atom. The van der Waals surface area contributed by atoms with Crippen molar-refractivity contribution < 1.29 is 14.3 Å². The molecule has 0 fully saturated rings. The second-order valence-electron chi connectivity index (χ2n) is 3.50. The third-order valence-corrected chi connectivity index (χ3v) is 2.98. The van der Waals surface area contributed by atoms with Crippen LogP contribution in [0.25, 0.3) is 6.08 Å². The maximum Gasteiger partial charge on any atom is 0.341 e. The summed E-state index contributed by atoms with van der Waals surface area (Å²) in [6.07, 6.45) is 1.35. The van der Waals surface area contributed by atoms with Gasteiger partial charge in [0.25, 0.3) is 0 Å². The molecule has 0 spiro atoms. The van der Waals surface area contributed by atoms with Crippen molar-refractivity contribution in [2.45, 2.75) is 6.92 Å². The highest BCUT2D eigenvalue weighted by atomic mass is 35.5. The molecule has 1 rings (SSSR count). The molecule has 0 atom stereocenters. The summed E-state index contributed by atoms with van der Waals surface area (Å²) in [5.74, 6) is -1.55. The number of hydrogen-bond donors (Lipinski definition) is 0. The Morgan fingerprint density at radius 2 is 2.00 bits per heavy atom. The fourth-order valence-corrected chi connectivity index (χ4v) is 1.92. The van der Waals surface area contributed by atoms with Gasteiger partial charge < -0.3 is 4.74 Å². The van der Waals surface area contributed by atoms with E-state index in [4.69, 9.17) is 39.5 Å². The molecule has 3 nitrogen and oxygen atoms in total. The Morgan fingerprint density at radius 1 is 1.32 bits per heavy atom. The summed E-state index contributed by atoms with van der Waals surface area (Å²) in [7, 11) is 0. The molecule has 0 aromatic heterocycles. The van der Waals surface area contributed by atoms with E-state index in [-0.39, 0.29) is 18.1 Å². The van der Waals surface area contributed by atoms with Crippen LogP contribution in [0.3, 0.4) is 0 Å². The highest BCUT2D eigenvalue weighted by molar-refractivity contribution is 6.37. The Kier molecular flexibility index (Phi) is 6.35. The number of benzene rings is 1. The Hall–Kier alpha value is -1.03. The smallest absolute Gasteiger partial charge is 0.341 e. The number of alkyl halides is 1. The molecule has 0 heterocycles. The number of ether oxygens (including phenoxy) is 1. The molecule has 0 aliphatic rings. The summed E-state index contributed by atoms with van der Waals surface area (Å²) in [5, 5.41) is 0.792. The largest absolute Gasteiger partial charge is 0.462 e. The summed E-state index contributed by atoms with van der Waals surface area (Å²) in [6, 6.07) is 4.72. The van der Waals surface area contributed by atoms with Crippen LogP contribution in [0.2, 0.25) is 10.0 Å². The molecular formula is C13H11Cl3O3. The second kappa shape index (κ2) is 7.53. The molecule has 0 N–H and O–H groups in total. The van der Waals surface area contributed by atoms with Crippen LogP contribution >= 0.6 is 34.8 Å². The number of ketones is 1. The average molecular weight is 322 g/mol. The molecule has 0 aliphatic carbocycles. The third kappa shape index (κ3) is 4.53. The minimum absolute atomic E-state index is 0.138. The number of esters is 1. The molecule has 0 unspecified atom stereocenters. The summed E-state index contributed by atoms with van der Waals surface area (Å²) in [5.41, 5.74) is 0.355. The number of carbonyl (C=O) groups is 2. The van der Waals surface area contributed by atoms with Gasteiger partial charge in [0.15, 0.2) is 5.78 Å². The van der Waals surface area contributed by atoms with Crippen LogP contribution < -0.4 is 0 Å². The first-order chi connectivity index (χ1) is 8.99. The van der Waals surface area contributed by atoms with Crippen molar-refractivity contribution in [3.8, 4) is 0 Å². The quantitative estimate of drug-likeness (QED) is 0.273. The molecule has 0 amide bonds. The maximum absolute atomic E-state index is 11.7. The van der Waals surface area contributed by atoms with Gasteiger partial charge in [0.05, 0.1) is 12.5 Å². The lowest BCUT2D eigenvalue weighted by atomic mass is 10.1. The van der Waals surface area contributed by atoms with Crippen LogP contribution in [0, 0.1) is 0 Å². The van der Waals surface area contributed by atoms with Gasteiger partial charge in [0, 0.05) is 10.0 Å². The van der Waals surface area contributed by atoms with Crippen molar-refractivity contribution >= 4 is 52.6 Å². The SMILES string of the molecule is CCOC(=O)C(=Cc1ccc(Cl)cc1Cl)C(=O)CCl. The van der Waals surface area contributed by atoms with Crippen molar-refractivity contribution in [2.75, 3.05) is 12.5 Å². The van der Waals surface area contributed by atoms with Gasteiger partial charge in [0.2, 0.25) is 0 Å². The fraction of sp³-hybridized carbons (Fsp3) is 0.231. The van der Waals surface area contributed by atoms with Gasteiger partial charge in [0.1, 0.15) is 5.57 Å². The van der Waals surface area contributed by atoms with E-state index in [1.807, 2.05) is 0 Å². The molecule has 102 valence electrons. The van der Waals surface area contributed by atoms with Gasteiger partial charge in [-0.05, 0) is 30.7 Å². The Labute approximate surface area is 126 Å². The highest BCUT2D eigenvalue weighted by Gasteiger charge is 2.19. The zero-order chi connectivity index (χ0) is 14.4. The Balaban J connectivity index is 3.19. The van der Waals surface area contributed by atoms with Crippen molar-refractivity contribution in [2.24, 2.45) is 0 Å². The van der Waals surface area contributed by atoms with Crippen molar-refractivity contribution in [1.82, 2.24) is 0 Å². The summed E-state index contributed by atoms with van der Waals surface area (Å²) >= 11 is 17.2. The van der Waals surface area contributed by atoms with E-state index in [0.29, 0.717) is 15.6 Å². The molecule has 0 bridgehead atoms. The van der Waals surface area contributed by atoms with Crippen LogP contribution in [-0.2, 0) is 14.3 Å². The molecule has 1 aromatic carbocycles. The zero-order valence-electron chi connectivity index (χ0n) is 10.1. The fourth-order valence-electron chi connectivity index (χ4n) is 1.31. The molecule has 0 aliphatic heterocycles. The summed E-state index contributed by atoms with van der Waals surface area (Å²) in [4.78, 5) is 23.3. The predicted molar refractivity (Wildman–Crippen MR) is 76.8 cm³/mol. The zero-order valence-corrected chi connectivity index (χ0v) is 12.4. The third-order valence-electron chi connectivity index (χ3n) is 2.18. The number of halogens is 3. The van der Waals surface area contributed by atoms with E-state index in [2.05, 4.69) is 0 Å². The van der Waals surface area contributed by atoms with Gasteiger partial charge in [-0.2, -0.15) is 0 Å². The lowest BCUT2D eigenvalue weighted by Gasteiger charge is -2.06. The lowest BCUT2D eigenvalue weighted by Crippen LogP contribution is -2.16. The molecule has 0 radical (unpaired) electrons. The minimum atomic E-state index is -0.723. The van der Waals surface area contributed by atoms with E-state index < -0.39 is 11.8 Å². The van der Waals surface area contributed by atoms with Crippen LogP contribution in [0.1, 0.15) is 12.5 Å². The summed E-state index contributed by atoms with van der Waals surface area (Å²) in [6.45, 7) is 1.82. The van der Waals surface area contributed by atoms with E-state index in [1.54, 1.807) is 19.1 Å². The van der Waals surface area contributed by atoms with Gasteiger partial charge in [-0.25, -0.2) is 4.79 Å². The number of Topliss-reactive ketones (excluding diaryl/α,β-unsaturated/α-hetero) is 1. The van der Waals surface area contributed by atoms with Gasteiger partial charge in [-0.15, -0.1) is 11.6 Å². The molecule has 0 saturated heterocycles. The maximum atomic E-state index is 11.7. The molecular weight excluding hydrogens is 310 g/mol. The van der Waals surface area contributed by atoms with E-state index in [9.17, 15) is 9.59 Å². The molecule has 19 heavy (non-hydrogen) atoms. The standard InChI is InChI=1S/C13H11Cl3O3/c1-2-19-13(18)10(12(17)7-14)5-8-3-4-9(15)6-11(8)16/h3-6H,2,7H2,1H3. The van der Waals surface area contributed by atoms with E-state index in [1.165, 1.54) is 12.1 Å². The number of hydrogen-bond acceptors (Lipinski definition) is 3. The minimum Gasteiger partial charge on any atom is -0.462 e. The van der Waals surface area contributed by atoms with Crippen molar-refractivity contribution in [3.05, 3.63) is 39.4 Å². The van der Waals surface area contributed by atoms with E-state index in [0.717, 1.165) is 0 Å². The normalized spacial score (nSPS) is 11.3. The predicted octanol–water partition coefficient (Wildman–Crippen LogP) is 3.75. The first-order valence-electron chi connectivity index (χ1n) is 5.42. The van der Waals surface area contributed by atoms with Crippen LogP contribution in [0.4, 0.5) is 0 Å². The van der Waals surface area contributed by atoms with Gasteiger partial charge >= 0.3 is 5.97 Å². The average Bonchev–Trinajstić information content (AvgIpc) is 2.37. The van der Waals surface area contributed by atoms with Crippen molar-refractivity contribution in [1.29, 1.82) is 0 Å². The number of rotatable bonds is 5. The monoisotopic (exact) mass is 320 g/mol. The molecule has 1 aromatic rings. The molecule has 0 saturated carbocycles. The van der Waals surface area contributed by atoms with Crippen molar-refractivity contribution in [3.63, 3.8) is 0 Å².